The first-order valence-electron chi connectivity index (χ1n) is 5.52. The smallest absolute Gasteiger partial charge is 0.332 e. The summed E-state index contributed by atoms with van der Waals surface area (Å²) in [5.74, 6) is -0.111. The van der Waals surface area contributed by atoms with Gasteiger partial charge in [0.05, 0.1) is 0 Å². The lowest BCUT2D eigenvalue weighted by Gasteiger charge is -2.17. The Morgan fingerprint density at radius 1 is 1.29 bits per heavy atom. The summed E-state index contributed by atoms with van der Waals surface area (Å²) in [5, 5.41) is 2.64. The molecule has 0 amide bonds. The van der Waals surface area contributed by atoms with Crippen LogP contribution >= 0.6 is 0 Å². The molecule has 0 bridgehead atoms. The molecule has 1 heterocycles. The van der Waals surface area contributed by atoms with Crippen LogP contribution in [0.5, 0.6) is 0 Å². The van der Waals surface area contributed by atoms with Crippen molar-refractivity contribution in [1.82, 2.24) is 9.13 Å². The van der Waals surface area contributed by atoms with Crippen LogP contribution in [0.2, 0.25) is 0 Å². The summed E-state index contributed by atoms with van der Waals surface area (Å²) in [5.41, 5.74) is 4.11. The van der Waals surface area contributed by atoms with Crippen LogP contribution in [-0.4, -0.2) is 9.13 Å². The zero-order chi connectivity index (χ0) is 12.6. The SMILES string of the molecule is Cn1c(=O)c(N=O)c(N)n(C2CCCC2)c1=O. The number of hydrogen-bond donors (Lipinski definition) is 1. The van der Waals surface area contributed by atoms with E-state index < -0.39 is 11.2 Å². The molecule has 7 heteroatoms. The van der Waals surface area contributed by atoms with Gasteiger partial charge in [0.15, 0.2) is 0 Å². The molecule has 2 rings (SSSR count). The van der Waals surface area contributed by atoms with Crippen molar-refractivity contribution in [2.45, 2.75) is 31.7 Å². The highest BCUT2D eigenvalue weighted by atomic mass is 16.3. The van der Waals surface area contributed by atoms with Gasteiger partial charge in [-0.05, 0) is 18.0 Å². The van der Waals surface area contributed by atoms with Crippen LogP contribution in [0.25, 0.3) is 0 Å². The van der Waals surface area contributed by atoms with Gasteiger partial charge in [0.25, 0.3) is 5.56 Å². The number of hydrogen-bond acceptors (Lipinski definition) is 5. The highest BCUT2D eigenvalue weighted by molar-refractivity contribution is 5.56. The van der Waals surface area contributed by atoms with E-state index in [1.54, 1.807) is 0 Å². The minimum Gasteiger partial charge on any atom is -0.383 e. The van der Waals surface area contributed by atoms with Gasteiger partial charge < -0.3 is 5.73 Å². The highest BCUT2D eigenvalue weighted by Crippen LogP contribution is 2.31. The van der Waals surface area contributed by atoms with Crippen molar-refractivity contribution >= 4 is 11.5 Å². The van der Waals surface area contributed by atoms with E-state index >= 15 is 0 Å². The van der Waals surface area contributed by atoms with Gasteiger partial charge in [-0.15, -0.1) is 4.91 Å². The topological polar surface area (TPSA) is 99.4 Å². The first kappa shape index (κ1) is 11.6. The number of nitrogen functional groups attached to an aromatic ring is 1. The van der Waals surface area contributed by atoms with E-state index in [1.807, 2.05) is 0 Å². The van der Waals surface area contributed by atoms with Crippen LogP contribution in [0.3, 0.4) is 0 Å². The van der Waals surface area contributed by atoms with Crippen molar-refractivity contribution in [1.29, 1.82) is 0 Å². The van der Waals surface area contributed by atoms with Crippen LogP contribution in [-0.2, 0) is 7.05 Å². The summed E-state index contributed by atoms with van der Waals surface area (Å²) in [6.07, 6.45) is 3.70. The maximum absolute atomic E-state index is 12.0. The summed E-state index contributed by atoms with van der Waals surface area (Å²) in [6.45, 7) is 0. The van der Waals surface area contributed by atoms with E-state index in [9.17, 15) is 14.5 Å². The number of rotatable bonds is 2. The van der Waals surface area contributed by atoms with Crippen LogP contribution in [0, 0.1) is 4.91 Å². The summed E-state index contributed by atoms with van der Waals surface area (Å²) >= 11 is 0. The molecule has 1 fully saturated rings. The number of nitrogens with two attached hydrogens (primary N) is 1. The standard InChI is InChI=1S/C10H14N4O3/c1-13-9(15)7(12-17)8(11)14(10(13)16)6-4-2-3-5-6/h6H,2-5,11H2,1H3. The van der Waals surface area contributed by atoms with Crippen LogP contribution in [0.1, 0.15) is 31.7 Å². The monoisotopic (exact) mass is 238 g/mol. The van der Waals surface area contributed by atoms with Gasteiger partial charge in [0.2, 0.25) is 5.69 Å². The van der Waals surface area contributed by atoms with Crippen molar-refractivity contribution in [2.24, 2.45) is 12.2 Å². The summed E-state index contributed by atoms with van der Waals surface area (Å²) in [4.78, 5) is 34.2. The third-order valence-corrected chi connectivity index (χ3v) is 3.28. The predicted molar refractivity (Wildman–Crippen MR) is 63.3 cm³/mol. The molecule has 7 nitrogen and oxygen atoms in total. The Labute approximate surface area is 96.8 Å². The Morgan fingerprint density at radius 3 is 2.41 bits per heavy atom. The number of aromatic nitrogens is 2. The lowest BCUT2D eigenvalue weighted by molar-refractivity contribution is 0.482. The van der Waals surface area contributed by atoms with Crippen LogP contribution in [0.15, 0.2) is 14.8 Å². The normalized spacial score (nSPS) is 16.3. The van der Waals surface area contributed by atoms with E-state index in [-0.39, 0.29) is 17.5 Å². The maximum Gasteiger partial charge on any atom is 0.332 e. The van der Waals surface area contributed by atoms with E-state index in [4.69, 9.17) is 5.73 Å². The fourth-order valence-corrected chi connectivity index (χ4v) is 2.34. The third-order valence-electron chi connectivity index (χ3n) is 3.28. The van der Waals surface area contributed by atoms with Gasteiger partial charge >= 0.3 is 5.69 Å². The van der Waals surface area contributed by atoms with Crippen molar-refractivity contribution in [3.8, 4) is 0 Å². The lowest BCUT2D eigenvalue weighted by Crippen LogP contribution is -2.40. The molecule has 0 saturated heterocycles. The maximum atomic E-state index is 12.0. The molecular weight excluding hydrogens is 224 g/mol. The van der Waals surface area contributed by atoms with Crippen molar-refractivity contribution < 1.29 is 0 Å². The molecule has 0 radical (unpaired) electrons. The molecule has 0 spiro atoms. The second-order valence-electron chi connectivity index (χ2n) is 4.28. The third kappa shape index (κ3) is 1.67. The lowest BCUT2D eigenvalue weighted by atomic mass is 10.2. The van der Waals surface area contributed by atoms with E-state index in [2.05, 4.69) is 5.18 Å². The molecule has 1 aliphatic rings. The molecule has 1 aliphatic carbocycles. The number of nitroso groups, excluding NO2 is 1. The Hall–Kier alpha value is -1.92. The predicted octanol–water partition coefficient (Wildman–Crippen LogP) is 0.642. The van der Waals surface area contributed by atoms with Crippen molar-refractivity contribution in [3.63, 3.8) is 0 Å². The van der Waals surface area contributed by atoms with Gasteiger partial charge in [-0.3, -0.25) is 13.9 Å². The van der Waals surface area contributed by atoms with Crippen molar-refractivity contribution in [2.75, 3.05) is 5.73 Å². The molecule has 1 aromatic heterocycles. The van der Waals surface area contributed by atoms with E-state index in [0.29, 0.717) is 0 Å². The summed E-state index contributed by atoms with van der Waals surface area (Å²) in [7, 11) is 1.32. The van der Waals surface area contributed by atoms with Crippen molar-refractivity contribution in [3.05, 3.63) is 25.7 Å². The zero-order valence-electron chi connectivity index (χ0n) is 9.55. The molecule has 1 aromatic rings. The first-order valence-corrected chi connectivity index (χ1v) is 5.52. The molecule has 0 aromatic carbocycles. The Kier molecular flexibility index (Phi) is 2.83. The quantitative estimate of drug-likeness (QED) is 0.764. The molecule has 0 aliphatic heterocycles. The van der Waals surface area contributed by atoms with E-state index in [0.717, 1.165) is 30.3 Å². The second-order valence-corrected chi connectivity index (χ2v) is 4.28. The summed E-state index contributed by atoms with van der Waals surface area (Å²) in [6, 6.07) is -0.0326. The van der Waals surface area contributed by atoms with Gasteiger partial charge in [-0.2, -0.15) is 0 Å². The Morgan fingerprint density at radius 2 is 1.88 bits per heavy atom. The highest BCUT2D eigenvalue weighted by Gasteiger charge is 2.24. The Balaban J connectivity index is 2.74. The fourth-order valence-electron chi connectivity index (χ4n) is 2.34. The van der Waals surface area contributed by atoms with Crippen LogP contribution in [0.4, 0.5) is 11.5 Å². The fraction of sp³-hybridized carbons (Fsp3) is 0.600. The van der Waals surface area contributed by atoms with Gasteiger partial charge in [-0.1, -0.05) is 12.8 Å². The molecule has 2 N–H and O–H groups in total. The average Bonchev–Trinajstić information content (AvgIpc) is 2.81. The first-order chi connectivity index (χ1) is 8.07. The van der Waals surface area contributed by atoms with E-state index in [1.165, 1.54) is 11.6 Å². The number of anilines is 1. The van der Waals surface area contributed by atoms with Gasteiger partial charge in [-0.25, -0.2) is 4.79 Å². The molecule has 17 heavy (non-hydrogen) atoms. The zero-order valence-corrected chi connectivity index (χ0v) is 9.55. The van der Waals surface area contributed by atoms with Gasteiger partial charge in [0, 0.05) is 13.1 Å². The average molecular weight is 238 g/mol. The largest absolute Gasteiger partial charge is 0.383 e. The summed E-state index contributed by atoms with van der Waals surface area (Å²) < 4.78 is 2.20. The number of nitrogens with zero attached hydrogens (tertiary/aromatic N) is 3. The Bertz CT molecular complexity index is 566. The van der Waals surface area contributed by atoms with Gasteiger partial charge in [0.1, 0.15) is 5.82 Å². The molecule has 92 valence electrons. The molecule has 1 saturated carbocycles. The molecule has 0 atom stereocenters. The second kappa shape index (κ2) is 4.15. The molecular formula is C10H14N4O3. The molecule has 0 unspecified atom stereocenters. The minimum atomic E-state index is -0.739. The minimum absolute atomic E-state index is 0.0326. The van der Waals surface area contributed by atoms with Crippen LogP contribution < -0.4 is 17.0 Å².